The lowest BCUT2D eigenvalue weighted by molar-refractivity contribution is 0.620. The van der Waals surface area contributed by atoms with E-state index in [9.17, 15) is 0 Å². The van der Waals surface area contributed by atoms with E-state index in [4.69, 9.17) is 9.40 Å². The van der Waals surface area contributed by atoms with Gasteiger partial charge in [0, 0.05) is 43.3 Å². The van der Waals surface area contributed by atoms with Gasteiger partial charge < -0.3 is 9.32 Å². The number of allylic oxidation sites excluding steroid dienone is 7. The summed E-state index contributed by atoms with van der Waals surface area (Å²) in [5.74, 6) is 0.613. The summed E-state index contributed by atoms with van der Waals surface area (Å²) in [5.41, 5.74) is 10.7. The Balaban J connectivity index is 1.09. The van der Waals surface area contributed by atoms with Crippen molar-refractivity contribution in [1.82, 2.24) is 4.98 Å². The van der Waals surface area contributed by atoms with Crippen molar-refractivity contribution in [2.45, 2.75) is 0 Å². The van der Waals surface area contributed by atoms with Crippen LogP contribution in [-0.2, 0) is 0 Å². The highest BCUT2D eigenvalue weighted by atomic mass is 32.1. The fourth-order valence-electron chi connectivity index (χ4n) is 7.26. The van der Waals surface area contributed by atoms with Gasteiger partial charge in [-0.05, 0) is 117 Å². The minimum Gasteiger partial charge on any atom is -0.436 e. The van der Waals surface area contributed by atoms with Gasteiger partial charge in [-0.1, -0.05) is 135 Å². The van der Waals surface area contributed by atoms with E-state index in [1.165, 1.54) is 30.9 Å². The molecule has 0 saturated heterocycles. The van der Waals surface area contributed by atoms with Crippen LogP contribution in [0.1, 0.15) is 11.1 Å². The number of anilines is 1. The van der Waals surface area contributed by atoms with Crippen molar-refractivity contribution in [3.05, 3.63) is 231 Å². The number of thiophene rings is 1. The molecule has 2 aromatic heterocycles. The largest absolute Gasteiger partial charge is 0.436 e. The Hall–Kier alpha value is -7.27. The minimum atomic E-state index is 0.613. The van der Waals surface area contributed by atoms with Gasteiger partial charge in [0.25, 0.3) is 0 Å². The molecule has 9 rings (SSSR count). The van der Waals surface area contributed by atoms with Gasteiger partial charge in [-0.15, -0.1) is 11.3 Å². The third-order valence-electron chi connectivity index (χ3n) is 10.2. The first-order valence-electron chi connectivity index (χ1n) is 18.8. The van der Waals surface area contributed by atoms with Gasteiger partial charge in [0.1, 0.15) is 5.52 Å². The van der Waals surface area contributed by atoms with E-state index >= 15 is 0 Å². The summed E-state index contributed by atoms with van der Waals surface area (Å²) in [7, 11) is 0. The number of fused-ring (bicyclic) bond motifs is 5. The lowest BCUT2D eigenvalue weighted by atomic mass is 9.94. The maximum Gasteiger partial charge on any atom is 0.227 e. The van der Waals surface area contributed by atoms with Gasteiger partial charge >= 0.3 is 0 Å². The Morgan fingerprint density at radius 1 is 0.649 bits per heavy atom. The molecule has 2 heterocycles. The molecule has 7 aromatic carbocycles. The molecule has 0 bridgehead atoms. The van der Waals surface area contributed by atoms with Gasteiger partial charge in [0.2, 0.25) is 5.89 Å². The van der Waals surface area contributed by atoms with Crippen LogP contribution in [0.2, 0.25) is 0 Å². The minimum absolute atomic E-state index is 0.613. The number of benzene rings is 7. The Labute approximate surface area is 336 Å². The molecule has 0 amide bonds. The molecule has 0 fully saturated rings. The molecule has 0 atom stereocenters. The first-order chi connectivity index (χ1) is 28.0. The quantitative estimate of drug-likeness (QED) is 0.123. The van der Waals surface area contributed by atoms with E-state index in [-0.39, 0.29) is 0 Å². The summed E-state index contributed by atoms with van der Waals surface area (Å²) in [6, 6.07) is 54.6. The summed E-state index contributed by atoms with van der Waals surface area (Å²) in [4.78, 5) is 6.80. The van der Waals surface area contributed by atoms with Crippen molar-refractivity contribution in [3.8, 4) is 22.6 Å². The zero-order valence-corrected chi connectivity index (χ0v) is 32.1. The van der Waals surface area contributed by atoms with Gasteiger partial charge in [-0.2, -0.15) is 0 Å². The summed E-state index contributed by atoms with van der Waals surface area (Å²) in [6.07, 6.45) is 12.2. The van der Waals surface area contributed by atoms with Crippen LogP contribution >= 0.6 is 11.3 Å². The second-order valence-electron chi connectivity index (χ2n) is 13.8. The average molecular weight is 751 g/mol. The van der Waals surface area contributed by atoms with E-state index < -0.39 is 0 Å². The standard InChI is InChI=1S/C53H38N2OS/c1-4-38(39-16-7-5-8-17-39)20-15-31-55(45-21-9-6-10-22-45)37(3)26-25-36(2)46-33-44(35-51-52(46)47-32-42-18-11-12-19-43(42)34-50(47)57-51)40-27-29-41(30-28-40)53-54-48-23-13-14-24-49(48)56-53/h4-35H,1-3H2/b26-25-,31-15+,38-20+. The number of aromatic nitrogens is 1. The molecular formula is C53H38N2OS. The lowest BCUT2D eigenvalue weighted by Gasteiger charge is -2.21. The second kappa shape index (κ2) is 15.5. The molecule has 4 heteroatoms. The van der Waals surface area contributed by atoms with Crippen molar-refractivity contribution >= 4 is 70.2 Å². The Kier molecular flexibility index (Phi) is 9.61. The Morgan fingerprint density at radius 2 is 1.33 bits per heavy atom. The van der Waals surface area contributed by atoms with Crippen LogP contribution in [-0.4, -0.2) is 4.98 Å². The Morgan fingerprint density at radius 3 is 2.09 bits per heavy atom. The molecule has 0 aliphatic rings. The summed E-state index contributed by atoms with van der Waals surface area (Å²) in [6.45, 7) is 13.2. The molecule has 0 unspecified atom stereocenters. The molecule has 3 nitrogen and oxygen atoms in total. The number of hydrogen-bond acceptors (Lipinski definition) is 4. The highest BCUT2D eigenvalue weighted by Gasteiger charge is 2.16. The fourth-order valence-corrected chi connectivity index (χ4v) is 8.46. The first kappa shape index (κ1) is 35.4. The van der Waals surface area contributed by atoms with Crippen LogP contribution < -0.4 is 4.90 Å². The van der Waals surface area contributed by atoms with Crippen molar-refractivity contribution < 1.29 is 4.42 Å². The zero-order valence-electron chi connectivity index (χ0n) is 31.3. The van der Waals surface area contributed by atoms with Gasteiger partial charge in [-0.3, -0.25) is 0 Å². The highest BCUT2D eigenvalue weighted by molar-refractivity contribution is 7.26. The van der Waals surface area contributed by atoms with E-state index in [1.807, 2.05) is 96.4 Å². The normalized spacial score (nSPS) is 12.0. The molecular weight excluding hydrogens is 713 g/mol. The third-order valence-corrected chi connectivity index (χ3v) is 11.3. The zero-order chi connectivity index (χ0) is 38.7. The lowest BCUT2D eigenvalue weighted by Crippen LogP contribution is -2.12. The van der Waals surface area contributed by atoms with Crippen LogP contribution in [0.15, 0.2) is 224 Å². The van der Waals surface area contributed by atoms with Gasteiger partial charge in [0.05, 0.1) is 0 Å². The van der Waals surface area contributed by atoms with Crippen molar-refractivity contribution in [3.63, 3.8) is 0 Å². The average Bonchev–Trinajstić information content (AvgIpc) is 3.86. The maximum atomic E-state index is 6.07. The van der Waals surface area contributed by atoms with Crippen LogP contribution in [0.3, 0.4) is 0 Å². The van der Waals surface area contributed by atoms with E-state index in [1.54, 1.807) is 0 Å². The molecule has 0 saturated carbocycles. The van der Waals surface area contributed by atoms with E-state index in [2.05, 4.69) is 134 Å². The summed E-state index contributed by atoms with van der Waals surface area (Å²) < 4.78 is 8.53. The molecule has 272 valence electrons. The summed E-state index contributed by atoms with van der Waals surface area (Å²) in [5, 5.41) is 4.88. The van der Waals surface area contributed by atoms with Gasteiger partial charge in [-0.25, -0.2) is 4.98 Å². The van der Waals surface area contributed by atoms with Crippen LogP contribution in [0, 0.1) is 0 Å². The van der Waals surface area contributed by atoms with Crippen molar-refractivity contribution in [2.24, 2.45) is 0 Å². The highest BCUT2D eigenvalue weighted by Crippen LogP contribution is 2.43. The monoisotopic (exact) mass is 750 g/mol. The molecule has 0 aliphatic carbocycles. The third kappa shape index (κ3) is 7.18. The SMILES string of the molecule is C=C/C(=C\C=C\N(C(=C)/C=C\C(=C)c1cc(-c2ccc(-c3nc4ccccc4o3)cc2)cc2sc3cc4ccccc4cc3c12)c1ccccc1)c1ccccc1. The van der Waals surface area contributed by atoms with Crippen molar-refractivity contribution in [1.29, 1.82) is 0 Å². The van der Waals surface area contributed by atoms with Crippen molar-refractivity contribution in [2.75, 3.05) is 4.90 Å². The van der Waals surface area contributed by atoms with Crippen LogP contribution in [0.5, 0.6) is 0 Å². The molecule has 0 spiro atoms. The second-order valence-corrected chi connectivity index (χ2v) is 14.9. The smallest absolute Gasteiger partial charge is 0.227 e. The van der Waals surface area contributed by atoms with E-state index in [0.717, 1.165) is 61.4 Å². The Bertz CT molecular complexity index is 3020. The molecule has 0 aliphatic heterocycles. The first-order valence-corrected chi connectivity index (χ1v) is 19.7. The number of nitrogens with zero attached hydrogens (tertiary/aromatic N) is 2. The number of oxazole rings is 1. The summed E-state index contributed by atoms with van der Waals surface area (Å²) >= 11 is 1.82. The number of hydrogen-bond donors (Lipinski definition) is 0. The number of para-hydroxylation sites is 3. The number of rotatable bonds is 11. The molecule has 0 radical (unpaired) electrons. The predicted octanol–water partition coefficient (Wildman–Crippen LogP) is 15.1. The maximum absolute atomic E-state index is 6.07. The molecule has 9 aromatic rings. The fraction of sp³-hybridized carbons (Fsp3) is 0. The molecule has 57 heavy (non-hydrogen) atoms. The van der Waals surface area contributed by atoms with Crippen LogP contribution in [0.4, 0.5) is 5.69 Å². The topological polar surface area (TPSA) is 29.3 Å². The van der Waals surface area contributed by atoms with Gasteiger partial charge in [0.15, 0.2) is 5.58 Å². The molecule has 0 N–H and O–H groups in total. The van der Waals surface area contributed by atoms with E-state index in [0.29, 0.717) is 5.89 Å². The predicted molar refractivity (Wildman–Crippen MR) is 245 cm³/mol. The van der Waals surface area contributed by atoms with Crippen LogP contribution in [0.25, 0.3) is 75.8 Å².